The molecule has 2 amide bonds. The molecule has 5 heteroatoms. The number of carbonyl (C=O) groups excluding carboxylic acids is 2. The lowest BCUT2D eigenvalue weighted by Gasteiger charge is -2.28. The highest BCUT2D eigenvalue weighted by atomic mass is 16.4. The highest BCUT2D eigenvalue weighted by Crippen LogP contribution is 2.26. The minimum atomic E-state index is -1.05. The van der Waals surface area contributed by atoms with Gasteiger partial charge in [-0.2, -0.15) is 0 Å². The van der Waals surface area contributed by atoms with Gasteiger partial charge in [-0.05, 0) is 29.7 Å². The summed E-state index contributed by atoms with van der Waals surface area (Å²) < 4.78 is 0. The first-order valence-electron chi connectivity index (χ1n) is 6.34. The molecule has 1 heterocycles. The third-order valence-corrected chi connectivity index (χ3v) is 3.09. The fourth-order valence-corrected chi connectivity index (χ4v) is 2.21. The molecule has 0 saturated carbocycles. The van der Waals surface area contributed by atoms with Gasteiger partial charge in [-0.1, -0.05) is 19.1 Å². The second-order valence-electron chi connectivity index (χ2n) is 4.90. The highest BCUT2D eigenvalue weighted by molar-refractivity contribution is 6.16. The van der Waals surface area contributed by atoms with Crippen LogP contribution in [0.4, 0.5) is 5.69 Å². The summed E-state index contributed by atoms with van der Waals surface area (Å²) in [6.45, 7) is 1.87. The molecule has 1 aromatic rings. The molecule has 0 unspecified atom stereocenters. The van der Waals surface area contributed by atoms with E-state index < -0.39 is 5.97 Å². The van der Waals surface area contributed by atoms with Crippen molar-refractivity contribution in [1.29, 1.82) is 0 Å². The number of hydrogen-bond acceptors (Lipinski definition) is 3. The second kappa shape index (κ2) is 5.69. The maximum atomic E-state index is 12.0. The van der Waals surface area contributed by atoms with Crippen molar-refractivity contribution < 1.29 is 19.5 Å². The number of carboxylic acid groups (broad SMARTS) is 1. The number of carbonyl (C=O) groups is 3. The molecule has 1 fully saturated rings. The van der Waals surface area contributed by atoms with E-state index in [1.54, 1.807) is 24.3 Å². The Hall–Kier alpha value is -2.43. The lowest BCUT2D eigenvalue weighted by molar-refractivity contribution is -0.132. The summed E-state index contributed by atoms with van der Waals surface area (Å²) in [6.07, 6.45) is 3.14. The number of imide groups is 1. The molecule has 2 rings (SSSR count). The fraction of sp³-hybridized carbons (Fsp3) is 0.267. The molecule has 1 aliphatic heterocycles. The van der Waals surface area contributed by atoms with Crippen LogP contribution in [0.1, 0.15) is 25.3 Å². The van der Waals surface area contributed by atoms with Crippen molar-refractivity contribution in [2.24, 2.45) is 5.92 Å². The molecule has 0 atom stereocenters. The van der Waals surface area contributed by atoms with Gasteiger partial charge < -0.3 is 5.11 Å². The first-order chi connectivity index (χ1) is 9.47. The van der Waals surface area contributed by atoms with Crippen LogP contribution in [0.2, 0.25) is 0 Å². The van der Waals surface area contributed by atoms with E-state index in [1.807, 2.05) is 6.92 Å². The lowest BCUT2D eigenvalue weighted by Crippen LogP contribution is -2.42. The molecule has 104 valence electrons. The summed E-state index contributed by atoms with van der Waals surface area (Å²) in [7, 11) is 0. The lowest BCUT2D eigenvalue weighted by atomic mass is 9.97. The molecule has 20 heavy (non-hydrogen) atoms. The van der Waals surface area contributed by atoms with Crippen molar-refractivity contribution in [2.75, 3.05) is 4.90 Å². The summed E-state index contributed by atoms with van der Waals surface area (Å²) in [6, 6.07) is 6.70. The largest absolute Gasteiger partial charge is 0.478 e. The first kappa shape index (κ1) is 14.0. The average Bonchev–Trinajstić information content (AvgIpc) is 2.35. The zero-order valence-corrected chi connectivity index (χ0v) is 11.1. The number of nitrogens with zero attached hydrogens (tertiary/aromatic N) is 1. The van der Waals surface area contributed by atoms with Crippen LogP contribution in [0.25, 0.3) is 6.08 Å². The minimum absolute atomic E-state index is 0.0707. The molecule has 0 radical (unpaired) electrons. The molecule has 1 aliphatic rings. The van der Waals surface area contributed by atoms with Gasteiger partial charge in [0.1, 0.15) is 0 Å². The number of anilines is 1. The second-order valence-corrected chi connectivity index (χ2v) is 4.90. The Labute approximate surface area is 116 Å². The molecular weight excluding hydrogens is 258 g/mol. The van der Waals surface area contributed by atoms with E-state index in [1.165, 1.54) is 11.0 Å². The quantitative estimate of drug-likeness (QED) is 0.675. The van der Waals surface area contributed by atoms with Crippen molar-refractivity contribution in [3.63, 3.8) is 0 Å². The Morgan fingerprint density at radius 2 is 1.95 bits per heavy atom. The maximum absolute atomic E-state index is 12.0. The van der Waals surface area contributed by atoms with Crippen LogP contribution >= 0.6 is 0 Å². The van der Waals surface area contributed by atoms with Crippen molar-refractivity contribution >= 4 is 29.5 Å². The Morgan fingerprint density at radius 3 is 2.55 bits per heavy atom. The van der Waals surface area contributed by atoms with Crippen LogP contribution in [0, 0.1) is 5.92 Å². The number of carboxylic acids is 1. The summed E-state index contributed by atoms with van der Waals surface area (Å²) in [4.78, 5) is 35.6. The molecule has 5 nitrogen and oxygen atoms in total. The van der Waals surface area contributed by atoms with Gasteiger partial charge in [-0.15, -0.1) is 0 Å². The van der Waals surface area contributed by atoms with E-state index in [0.717, 1.165) is 6.08 Å². The summed E-state index contributed by atoms with van der Waals surface area (Å²) in [5.74, 6) is -1.41. The molecule has 1 saturated heterocycles. The Kier molecular flexibility index (Phi) is 3.98. The van der Waals surface area contributed by atoms with Crippen molar-refractivity contribution in [3.05, 3.63) is 35.9 Å². The zero-order valence-electron chi connectivity index (χ0n) is 11.1. The van der Waals surface area contributed by atoms with E-state index >= 15 is 0 Å². The van der Waals surface area contributed by atoms with Crippen LogP contribution in [0.3, 0.4) is 0 Å². The van der Waals surface area contributed by atoms with E-state index in [2.05, 4.69) is 0 Å². The monoisotopic (exact) mass is 273 g/mol. The number of benzene rings is 1. The van der Waals surface area contributed by atoms with Crippen LogP contribution in [-0.2, 0) is 14.4 Å². The predicted octanol–water partition coefficient (Wildman–Crippen LogP) is 2.07. The third-order valence-electron chi connectivity index (χ3n) is 3.09. The fourth-order valence-electron chi connectivity index (χ4n) is 2.21. The SMILES string of the molecule is CC1CC(=O)N(c2cccc(C=CC(=O)O)c2)C(=O)C1. The normalized spacial score (nSPS) is 16.9. The van der Waals surface area contributed by atoms with Crippen LogP contribution in [0.15, 0.2) is 30.3 Å². The van der Waals surface area contributed by atoms with Crippen LogP contribution in [0.5, 0.6) is 0 Å². The number of hydrogen-bond donors (Lipinski definition) is 1. The predicted molar refractivity (Wildman–Crippen MR) is 74.0 cm³/mol. The summed E-state index contributed by atoms with van der Waals surface area (Å²) in [5, 5.41) is 8.60. The Bertz CT molecular complexity index is 573. The first-order valence-corrected chi connectivity index (χ1v) is 6.34. The Morgan fingerprint density at radius 1 is 1.30 bits per heavy atom. The molecule has 0 spiro atoms. The van der Waals surface area contributed by atoms with Crippen molar-refractivity contribution in [3.8, 4) is 0 Å². The summed E-state index contributed by atoms with van der Waals surface area (Å²) >= 11 is 0. The standard InChI is InChI=1S/C15H15NO4/c1-10-7-13(17)16(14(18)8-10)12-4-2-3-11(9-12)5-6-15(19)20/h2-6,9-10H,7-8H2,1H3,(H,19,20). The van der Waals surface area contributed by atoms with Crippen molar-refractivity contribution in [1.82, 2.24) is 0 Å². The highest BCUT2D eigenvalue weighted by Gasteiger charge is 2.31. The topological polar surface area (TPSA) is 74.7 Å². The van der Waals surface area contributed by atoms with E-state index in [-0.39, 0.29) is 17.7 Å². The molecular formula is C15H15NO4. The molecule has 0 aromatic heterocycles. The van der Waals surface area contributed by atoms with Gasteiger partial charge >= 0.3 is 5.97 Å². The maximum Gasteiger partial charge on any atom is 0.328 e. The van der Waals surface area contributed by atoms with Gasteiger partial charge in [0.25, 0.3) is 0 Å². The van der Waals surface area contributed by atoms with Gasteiger partial charge in [-0.25, -0.2) is 4.79 Å². The minimum Gasteiger partial charge on any atom is -0.478 e. The smallest absolute Gasteiger partial charge is 0.328 e. The van der Waals surface area contributed by atoms with E-state index in [9.17, 15) is 14.4 Å². The number of piperidine rings is 1. The van der Waals surface area contributed by atoms with Gasteiger partial charge in [-0.3, -0.25) is 14.5 Å². The average molecular weight is 273 g/mol. The Balaban J connectivity index is 2.28. The van der Waals surface area contributed by atoms with E-state index in [0.29, 0.717) is 24.1 Å². The van der Waals surface area contributed by atoms with Crippen molar-refractivity contribution in [2.45, 2.75) is 19.8 Å². The molecule has 0 bridgehead atoms. The zero-order chi connectivity index (χ0) is 14.7. The van der Waals surface area contributed by atoms with Gasteiger partial charge in [0.15, 0.2) is 0 Å². The van der Waals surface area contributed by atoms with Crippen LogP contribution in [-0.4, -0.2) is 22.9 Å². The number of aliphatic carboxylic acids is 1. The number of amides is 2. The van der Waals surface area contributed by atoms with Gasteiger partial charge in [0.2, 0.25) is 11.8 Å². The molecule has 1 aromatic carbocycles. The third kappa shape index (κ3) is 3.12. The number of rotatable bonds is 3. The van der Waals surface area contributed by atoms with E-state index in [4.69, 9.17) is 5.11 Å². The molecule has 0 aliphatic carbocycles. The molecule has 1 N–H and O–H groups in total. The van der Waals surface area contributed by atoms with Gasteiger partial charge in [0.05, 0.1) is 5.69 Å². The summed E-state index contributed by atoms with van der Waals surface area (Å²) in [5.41, 5.74) is 1.11. The van der Waals surface area contributed by atoms with Crippen LogP contribution < -0.4 is 4.90 Å². The van der Waals surface area contributed by atoms with Gasteiger partial charge in [0, 0.05) is 18.9 Å².